The molecule has 0 aliphatic carbocycles. The third-order valence-corrected chi connectivity index (χ3v) is 5.32. The molecule has 0 saturated heterocycles. The van der Waals surface area contributed by atoms with E-state index in [9.17, 15) is 4.79 Å². The van der Waals surface area contributed by atoms with Crippen LogP contribution in [-0.2, 0) is 0 Å². The fraction of sp³-hybridized carbons (Fsp3) is 0.150. The van der Waals surface area contributed by atoms with Crippen LogP contribution >= 0.6 is 23.2 Å². The third kappa shape index (κ3) is 3.66. The van der Waals surface area contributed by atoms with Crippen molar-refractivity contribution in [3.8, 4) is 5.75 Å². The average molecular weight is 431 g/mol. The van der Waals surface area contributed by atoms with Crippen molar-refractivity contribution in [2.45, 2.75) is 13.1 Å². The zero-order chi connectivity index (χ0) is 20.5. The Kier molecular flexibility index (Phi) is 5.17. The van der Waals surface area contributed by atoms with Gasteiger partial charge in [-0.05, 0) is 31.2 Å². The fourth-order valence-corrected chi connectivity index (χ4v) is 3.55. The molecular weight excluding hydrogens is 413 g/mol. The van der Waals surface area contributed by atoms with E-state index < -0.39 is 6.17 Å². The van der Waals surface area contributed by atoms with E-state index in [1.54, 1.807) is 32.2 Å². The van der Waals surface area contributed by atoms with Crippen molar-refractivity contribution in [3.63, 3.8) is 0 Å². The van der Waals surface area contributed by atoms with E-state index >= 15 is 0 Å². The number of nitrogens with one attached hydrogen (secondary N) is 3. The van der Waals surface area contributed by atoms with Gasteiger partial charge < -0.3 is 4.74 Å². The van der Waals surface area contributed by atoms with Gasteiger partial charge in [0.15, 0.2) is 6.17 Å². The Balaban J connectivity index is 1.85. The van der Waals surface area contributed by atoms with Crippen LogP contribution in [0.5, 0.6) is 5.75 Å². The first-order valence-electron chi connectivity index (χ1n) is 8.82. The topological polar surface area (TPSA) is 82.2 Å². The van der Waals surface area contributed by atoms with Gasteiger partial charge in [-0.25, -0.2) is 20.2 Å². The lowest BCUT2D eigenvalue weighted by molar-refractivity contribution is -0.520. The van der Waals surface area contributed by atoms with Crippen LogP contribution in [0.2, 0.25) is 10.0 Å². The molecule has 1 aromatic heterocycles. The molecule has 0 fully saturated rings. The van der Waals surface area contributed by atoms with Gasteiger partial charge in [0.05, 0.1) is 22.7 Å². The third-order valence-electron chi connectivity index (χ3n) is 4.50. The van der Waals surface area contributed by atoms with Gasteiger partial charge in [0.25, 0.3) is 11.5 Å². The number of ether oxygens (including phenoxy) is 1. The molecule has 3 N–H and O–H groups in total. The second kappa shape index (κ2) is 7.77. The summed E-state index contributed by atoms with van der Waals surface area (Å²) in [5.41, 5.74) is 1.80. The monoisotopic (exact) mass is 430 g/mol. The second-order valence-corrected chi connectivity index (χ2v) is 7.23. The van der Waals surface area contributed by atoms with Crippen LogP contribution in [0.1, 0.15) is 17.4 Å². The first-order chi connectivity index (χ1) is 14.0. The van der Waals surface area contributed by atoms with Crippen molar-refractivity contribution in [1.82, 2.24) is 9.55 Å². The van der Waals surface area contributed by atoms with Gasteiger partial charge in [0.2, 0.25) is 0 Å². The predicted molar refractivity (Wildman–Crippen MR) is 114 cm³/mol. The van der Waals surface area contributed by atoms with Gasteiger partial charge in [-0.15, -0.1) is 0 Å². The van der Waals surface area contributed by atoms with Gasteiger partial charge in [0.1, 0.15) is 11.4 Å². The number of fused-ring (bicyclic) bond motifs is 1. The summed E-state index contributed by atoms with van der Waals surface area (Å²) in [6.45, 7) is 1.77. The van der Waals surface area contributed by atoms with Crippen LogP contribution in [-0.4, -0.2) is 22.6 Å². The number of halogens is 2. The Labute approximate surface area is 177 Å². The molecule has 1 aliphatic heterocycles. The minimum absolute atomic E-state index is 0.191. The highest BCUT2D eigenvalue weighted by Crippen LogP contribution is 2.30. The summed E-state index contributed by atoms with van der Waals surface area (Å²) >= 11 is 12.4. The number of guanidine groups is 1. The molecule has 148 valence electrons. The Morgan fingerprint density at radius 2 is 2.00 bits per heavy atom. The summed E-state index contributed by atoms with van der Waals surface area (Å²) in [5, 5.41) is 7.12. The molecule has 0 unspecified atom stereocenters. The quantitative estimate of drug-likeness (QED) is 0.594. The molecule has 4 rings (SSSR count). The first-order valence-corrected chi connectivity index (χ1v) is 9.58. The Morgan fingerprint density at radius 1 is 1.21 bits per heavy atom. The van der Waals surface area contributed by atoms with Crippen molar-refractivity contribution >= 4 is 40.8 Å². The van der Waals surface area contributed by atoms with Crippen molar-refractivity contribution in [3.05, 3.63) is 80.2 Å². The molecule has 0 radical (unpaired) electrons. The maximum Gasteiger partial charge on any atom is 0.357 e. The van der Waals surface area contributed by atoms with E-state index in [1.165, 1.54) is 10.6 Å². The lowest BCUT2D eigenvalue weighted by Gasteiger charge is -2.24. The number of methoxy groups -OCH3 is 1. The molecule has 1 atom stereocenters. The number of anilines is 2. The summed E-state index contributed by atoms with van der Waals surface area (Å²) < 4.78 is 7.04. The van der Waals surface area contributed by atoms with Crippen molar-refractivity contribution < 1.29 is 9.73 Å². The smallest absolute Gasteiger partial charge is 0.357 e. The summed E-state index contributed by atoms with van der Waals surface area (Å²) in [6.07, 6.45) is -0.552. The van der Waals surface area contributed by atoms with Crippen LogP contribution in [0.25, 0.3) is 0 Å². The fourth-order valence-electron chi connectivity index (χ4n) is 3.20. The van der Waals surface area contributed by atoms with Gasteiger partial charge >= 0.3 is 5.96 Å². The van der Waals surface area contributed by atoms with Gasteiger partial charge in [-0.2, -0.15) is 0 Å². The molecular formula is C20H18Cl2N5O2+. The van der Waals surface area contributed by atoms with Crippen molar-refractivity contribution in [2.24, 2.45) is 0 Å². The number of para-hydroxylation sites is 1. The SMILES string of the molecule is COc1ccccc1[C@H]1[NH+]=C(Nc2cccc(Cl)c2Cl)Nc2nc(C)cc(=O)n21. The second-order valence-electron chi connectivity index (χ2n) is 6.44. The number of aromatic nitrogens is 2. The molecule has 7 nitrogen and oxygen atoms in total. The first kappa shape index (κ1) is 19.3. The molecule has 9 heteroatoms. The van der Waals surface area contributed by atoms with Crippen LogP contribution in [0, 0.1) is 6.92 Å². The number of hydrogen-bond acceptors (Lipinski definition) is 5. The normalized spacial score (nSPS) is 15.2. The highest BCUT2D eigenvalue weighted by molar-refractivity contribution is 6.44. The largest absolute Gasteiger partial charge is 0.496 e. The van der Waals surface area contributed by atoms with Crippen molar-refractivity contribution in [1.29, 1.82) is 0 Å². The van der Waals surface area contributed by atoms with Gasteiger partial charge in [0, 0.05) is 11.8 Å². The van der Waals surface area contributed by atoms with Crippen LogP contribution in [0.15, 0.2) is 53.3 Å². The van der Waals surface area contributed by atoms with E-state index in [1.807, 2.05) is 24.3 Å². The van der Waals surface area contributed by atoms with Crippen LogP contribution in [0.4, 0.5) is 11.6 Å². The molecule has 1 aliphatic rings. The van der Waals surface area contributed by atoms with E-state index in [4.69, 9.17) is 27.9 Å². The number of aryl methyl sites for hydroxylation is 1. The lowest BCUT2D eigenvalue weighted by atomic mass is 10.1. The predicted octanol–water partition coefficient (Wildman–Crippen LogP) is 2.39. The minimum Gasteiger partial charge on any atom is -0.496 e. The highest BCUT2D eigenvalue weighted by atomic mass is 35.5. The maximum absolute atomic E-state index is 12.8. The molecule has 29 heavy (non-hydrogen) atoms. The average Bonchev–Trinajstić information content (AvgIpc) is 2.70. The molecule has 2 heterocycles. The van der Waals surface area contributed by atoms with E-state index in [-0.39, 0.29) is 5.56 Å². The summed E-state index contributed by atoms with van der Waals surface area (Å²) in [7, 11) is 1.59. The molecule has 0 saturated carbocycles. The summed E-state index contributed by atoms with van der Waals surface area (Å²) in [6, 6.07) is 14.3. The Bertz CT molecular complexity index is 1180. The van der Waals surface area contributed by atoms with E-state index in [0.717, 1.165) is 5.56 Å². The van der Waals surface area contributed by atoms with Gasteiger partial charge in [-0.3, -0.25) is 9.79 Å². The highest BCUT2D eigenvalue weighted by Gasteiger charge is 2.31. The minimum atomic E-state index is -0.552. The van der Waals surface area contributed by atoms with E-state index in [2.05, 4.69) is 20.6 Å². The maximum atomic E-state index is 12.8. The van der Waals surface area contributed by atoms with Crippen LogP contribution in [0.3, 0.4) is 0 Å². The number of hydrogen-bond donors (Lipinski definition) is 3. The van der Waals surface area contributed by atoms with E-state index in [0.29, 0.717) is 39.1 Å². The molecule has 0 bridgehead atoms. The summed E-state index contributed by atoms with van der Waals surface area (Å²) in [5.74, 6) is 1.54. The number of benzene rings is 2. The Hall–Kier alpha value is -3.03. The zero-order valence-corrected chi connectivity index (χ0v) is 17.2. The molecule has 0 amide bonds. The summed E-state index contributed by atoms with van der Waals surface area (Å²) in [4.78, 5) is 20.5. The molecule has 0 spiro atoms. The molecule has 2 aromatic carbocycles. The molecule has 3 aromatic rings. The lowest BCUT2D eigenvalue weighted by Crippen LogP contribution is -2.82. The van der Waals surface area contributed by atoms with Crippen molar-refractivity contribution in [2.75, 3.05) is 17.7 Å². The zero-order valence-electron chi connectivity index (χ0n) is 15.7. The number of rotatable bonds is 3. The Morgan fingerprint density at radius 3 is 2.79 bits per heavy atom. The van der Waals surface area contributed by atoms with Crippen LogP contribution < -0.4 is 25.9 Å². The number of nitrogens with zero attached hydrogens (tertiary/aromatic N) is 2. The van der Waals surface area contributed by atoms with Gasteiger partial charge in [-0.1, -0.05) is 41.4 Å². The standard InChI is InChI=1S/C20H17Cl2N5O2/c1-11-10-16(28)27-18(12-6-3-4-9-15(12)29-2)25-19(26-20(27)23-11)24-14-8-5-7-13(21)17(14)22/h3-10,18H,1-2H3,(H2,23,24,25,26)/p+1/t18-/m0/s1.